The molecule has 1 amide bonds. The normalized spacial score (nSPS) is 10.3. The second-order valence-electron chi connectivity index (χ2n) is 5.67. The van der Waals surface area contributed by atoms with Crippen molar-refractivity contribution in [2.45, 2.75) is 6.61 Å². The molecule has 3 aromatic carbocycles. The van der Waals surface area contributed by atoms with E-state index in [-0.39, 0.29) is 16.4 Å². The number of nitro benzene ring substituents is 1. The smallest absolute Gasteiger partial charge is 0.271 e. The summed E-state index contributed by atoms with van der Waals surface area (Å²) >= 11 is 6.00. The number of nitrogens with one attached hydrogen (secondary N) is 1. The molecular formula is C20H15ClN2O4. The molecule has 0 aliphatic carbocycles. The number of anilines is 1. The maximum absolute atomic E-state index is 12.4. The molecule has 6 nitrogen and oxygen atoms in total. The van der Waals surface area contributed by atoms with Gasteiger partial charge in [-0.2, -0.15) is 0 Å². The van der Waals surface area contributed by atoms with Gasteiger partial charge in [0.25, 0.3) is 11.6 Å². The Labute approximate surface area is 160 Å². The van der Waals surface area contributed by atoms with Gasteiger partial charge >= 0.3 is 0 Å². The van der Waals surface area contributed by atoms with Gasteiger partial charge in [0.2, 0.25) is 0 Å². The van der Waals surface area contributed by atoms with Crippen LogP contribution in [-0.4, -0.2) is 10.8 Å². The minimum absolute atomic E-state index is 0.153. The predicted octanol–water partition coefficient (Wildman–Crippen LogP) is 5.08. The van der Waals surface area contributed by atoms with E-state index in [2.05, 4.69) is 5.32 Å². The van der Waals surface area contributed by atoms with Gasteiger partial charge < -0.3 is 10.1 Å². The van der Waals surface area contributed by atoms with Gasteiger partial charge in [0, 0.05) is 17.7 Å². The highest BCUT2D eigenvalue weighted by molar-refractivity contribution is 6.34. The van der Waals surface area contributed by atoms with E-state index in [0.29, 0.717) is 17.9 Å². The summed E-state index contributed by atoms with van der Waals surface area (Å²) in [6.45, 7) is 0.426. The maximum Gasteiger partial charge on any atom is 0.271 e. The monoisotopic (exact) mass is 382 g/mol. The van der Waals surface area contributed by atoms with E-state index < -0.39 is 10.8 Å². The second kappa shape index (κ2) is 8.33. The lowest BCUT2D eigenvalue weighted by molar-refractivity contribution is -0.384. The average Bonchev–Trinajstić information content (AvgIpc) is 2.69. The highest BCUT2D eigenvalue weighted by Crippen LogP contribution is 2.27. The number of nitrogens with zero attached hydrogens (tertiary/aromatic N) is 1. The van der Waals surface area contributed by atoms with Gasteiger partial charge in [0.1, 0.15) is 12.4 Å². The molecule has 0 saturated carbocycles. The molecule has 0 bridgehead atoms. The summed E-state index contributed by atoms with van der Waals surface area (Å²) in [5, 5.41) is 13.7. The third kappa shape index (κ3) is 4.83. The van der Waals surface area contributed by atoms with Crippen molar-refractivity contribution in [2.24, 2.45) is 0 Å². The number of benzene rings is 3. The van der Waals surface area contributed by atoms with Crippen molar-refractivity contribution in [1.29, 1.82) is 0 Å². The molecule has 0 radical (unpaired) electrons. The van der Waals surface area contributed by atoms with Gasteiger partial charge in [-0.05, 0) is 35.9 Å². The molecule has 0 aromatic heterocycles. The van der Waals surface area contributed by atoms with Gasteiger partial charge in [-0.1, -0.05) is 41.9 Å². The lowest BCUT2D eigenvalue weighted by atomic mass is 10.2. The maximum atomic E-state index is 12.4. The Balaban J connectivity index is 1.65. The van der Waals surface area contributed by atoms with Gasteiger partial charge in [-0.3, -0.25) is 14.9 Å². The number of carbonyl (C=O) groups excluding carboxylic acids is 1. The molecule has 0 aliphatic heterocycles. The van der Waals surface area contributed by atoms with Crippen molar-refractivity contribution < 1.29 is 14.5 Å². The third-order valence-corrected chi connectivity index (χ3v) is 4.10. The minimum Gasteiger partial charge on any atom is -0.489 e. The molecule has 0 saturated heterocycles. The molecule has 136 valence electrons. The number of hydrogen-bond donors (Lipinski definition) is 1. The summed E-state index contributed by atoms with van der Waals surface area (Å²) in [7, 11) is 0. The summed E-state index contributed by atoms with van der Waals surface area (Å²) in [6, 6.07) is 20.2. The molecule has 1 N–H and O–H groups in total. The third-order valence-electron chi connectivity index (χ3n) is 3.77. The number of ether oxygens (including phenoxy) is 1. The van der Waals surface area contributed by atoms with Crippen LogP contribution in [0.2, 0.25) is 5.02 Å². The first kappa shape index (κ1) is 18.4. The number of carbonyl (C=O) groups is 1. The molecule has 3 aromatic rings. The van der Waals surface area contributed by atoms with Crippen LogP contribution in [0.15, 0.2) is 72.8 Å². The largest absolute Gasteiger partial charge is 0.489 e. The fraction of sp³-hybridized carbons (Fsp3) is 0.0500. The molecule has 0 unspecified atom stereocenters. The molecule has 0 spiro atoms. The molecule has 0 atom stereocenters. The summed E-state index contributed by atoms with van der Waals surface area (Å²) in [4.78, 5) is 22.7. The topological polar surface area (TPSA) is 81.5 Å². The zero-order chi connectivity index (χ0) is 19.2. The zero-order valence-corrected chi connectivity index (χ0v) is 14.8. The SMILES string of the molecule is O=C(Nc1cc([N+](=O)[O-])ccc1Cl)c1ccc(OCc2ccccc2)cc1. The first-order valence-electron chi connectivity index (χ1n) is 8.05. The van der Waals surface area contributed by atoms with Crippen molar-refractivity contribution in [1.82, 2.24) is 0 Å². The second-order valence-corrected chi connectivity index (χ2v) is 6.08. The van der Waals surface area contributed by atoms with Crippen LogP contribution < -0.4 is 10.1 Å². The number of amides is 1. The van der Waals surface area contributed by atoms with E-state index in [1.165, 1.54) is 18.2 Å². The van der Waals surface area contributed by atoms with E-state index in [9.17, 15) is 14.9 Å². The fourth-order valence-corrected chi connectivity index (χ4v) is 2.53. The molecule has 7 heteroatoms. The van der Waals surface area contributed by atoms with Crippen molar-refractivity contribution in [2.75, 3.05) is 5.32 Å². The Morgan fingerprint density at radius 1 is 1.04 bits per heavy atom. The van der Waals surface area contributed by atoms with Gasteiger partial charge in [0.05, 0.1) is 15.6 Å². The van der Waals surface area contributed by atoms with Crippen LogP contribution in [0.25, 0.3) is 0 Å². The predicted molar refractivity (Wildman–Crippen MR) is 103 cm³/mol. The fourth-order valence-electron chi connectivity index (χ4n) is 2.36. The Kier molecular flexibility index (Phi) is 5.68. The van der Waals surface area contributed by atoms with Gasteiger partial charge in [-0.25, -0.2) is 0 Å². The minimum atomic E-state index is -0.551. The van der Waals surface area contributed by atoms with Crippen molar-refractivity contribution >= 4 is 28.9 Å². The van der Waals surface area contributed by atoms with Gasteiger partial charge in [0.15, 0.2) is 0 Å². The van der Waals surface area contributed by atoms with Crippen molar-refractivity contribution in [3.63, 3.8) is 0 Å². The molecule has 27 heavy (non-hydrogen) atoms. The lowest BCUT2D eigenvalue weighted by Crippen LogP contribution is -2.12. The van der Waals surface area contributed by atoms with Crippen molar-refractivity contribution in [3.8, 4) is 5.75 Å². The number of non-ortho nitro benzene ring substituents is 1. The van der Waals surface area contributed by atoms with Crippen LogP contribution in [0.5, 0.6) is 5.75 Å². The molecule has 3 rings (SSSR count). The number of rotatable bonds is 6. The van der Waals surface area contributed by atoms with Crippen LogP contribution in [0.4, 0.5) is 11.4 Å². The van der Waals surface area contributed by atoms with Gasteiger partial charge in [-0.15, -0.1) is 0 Å². The van der Waals surface area contributed by atoms with E-state index in [1.54, 1.807) is 24.3 Å². The Morgan fingerprint density at radius 3 is 2.41 bits per heavy atom. The first-order valence-corrected chi connectivity index (χ1v) is 8.43. The van der Waals surface area contributed by atoms with Crippen LogP contribution >= 0.6 is 11.6 Å². The summed E-state index contributed by atoms with van der Waals surface area (Å²) in [5.41, 5.74) is 1.45. The number of hydrogen-bond acceptors (Lipinski definition) is 4. The summed E-state index contributed by atoms with van der Waals surface area (Å²) in [6.07, 6.45) is 0. The highest BCUT2D eigenvalue weighted by atomic mass is 35.5. The highest BCUT2D eigenvalue weighted by Gasteiger charge is 2.13. The van der Waals surface area contributed by atoms with E-state index >= 15 is 0 Å². The van der Waals surface area contributed by atoms with Crippen LogP contribution in [0.3, 0.4) is 0 Å². The number of nitro groups is 1. The first-order chi connectivity index (χ1) is 13.0. The lowest BCUT2D eigenvalue weighted by Gasteiger charge is -2.09. The quantitative estimate of drug-likeness (QED) is 0.476. The van der Waals surface area contributed by atoms with Crippen LogP contribution in [-0.2, 0) is 6.61 Å². The molecule has 0 heterocycles. The Hall–Kier alpha value is -3.38. The van der Waals surface area contributed by atoms with Crippen LogP contribution in [0, 0.1) is 10.1 Å². The standard InChI is InChI=1S/C20H15ClN2O4/c21-18-11-8-16(23(25)26)12-19(18)22-20(24)15-6-9-17(10-7-15)27-13-14-4-2-1-3-5-14/h1-12H,13H2,(H,22,24). The summed E-state index contributed by atoms with van der Waals surface area (Å²) < 4.78 is 5.68. The molecule has 0 fully saturated rings. The Morgan fingerprint density at radius 2 is 1.74 bits per heavy atom. The van der Waals surface area contributed by atoms with Crippen LogP contribution in [0.1, 0.15) is 15.9 Å². The molecule has 0 aliphatic rings. The summed E-state index contributed by atoms with van der Waals surface area (Å²) in [5.74, 6) is 0.204. The molecular weight excluding hydrogens is 368 g/mol. The zero-order valence-electron chi connectivity index (χ0n) is 14.1. The van der Waals surface area contributed by atoms with Crippen molar-refractivity contribution in [3.05, 3.63) is 99.1 Å². The van der Waals surface area contributed by atoms with E-state index in [1.807, 2.05) is 30.3 Å². The number of halogens is 1. The van der Waals surface area contributed by atoms with E-state index in [4.69, 9.17) is 16.3 Å². The van der Waals surface area contributed by atoms with E-state index in [0.717, 1.165) is 5.56 Å². The average molecular weight is 383 g/mol. The Bertz CT molecular complexity index is 959.